The first-order chi connectivity index (χ1) is 6.40. The quantitative estimate of drug-likeness (QED) is 0.720. The highest BCUT2D eigenvalue weighted by Gasteiger charge is 2.40. The van der Waals surface area contributed by atoms with Crippen LogP contribution in [0.15, 0.2) is 0 Å². The highest BCUT2D eigenvalue weighted by atomic mass is 32.2. The van der Waals surface area contributed by atoms with Crippen LogP contribution in [-0.4, -0.2) is 20.4 Å². The number of hydrogen-bond acceptors (Lipinski definition) is 3. The summed E-state index contributed by atoms with van der Waals surface area (Å²) in [4.78, 5) is 0. The molecule has 0 heterocycles. The summed E-state index contributed by atoms with van der Waals surface area (Å²) in [6.45, 7) is 2.05. The van der Waals surface area contributed by atoms with Crippen molar-refractivity contribution >= 4 is 9.84 Å². The molecule has 4 heteroatoms. The zero-order chi connectivity index (χ0) is 10.8. The van der Waals surface area contributed by atoms with E-state index in [1.807, 2.05) is 0 Å². The third-order valence-corrected chi connectivity index (χ3v) is 4.29. The maximum absolute atomic E-state index is 11.0. The van der Waals surface area contributed by atoms with Crippen molar-refractivity contribution in [2.45, 2.75) is 32.6 Å². The van der Waals surface area contributed by atoms with E-state index in [-0.39, 0.29) is 11.2 Å². The Bertz CT molecular complexity index is 342. The van der Waals surface area contributed by atoms with E-state index in [9.17, 15) is 8.42 Å². The SMILES string of the molecule is CC1CCCC1(C#N)CCS(C)(=O)=O. The summed E-state index contributed by atoms with van der Waals surface area (Å²) in [5.74, 6) is 0.486. The van der Waals surface area contributed by atoms with Gasteiger partial charge in [-0.25, -0.2) is 8.42 Å². The predicted molar refractivity (Wildman–Crippen MR) is 55.4 cm³/mol. The fourth-order valence-electron chi connectivity index (χ4n) is 2.21. The van der Waals surface area contributed by atoms with E-state index in [1.165, 1.54) is 6.26 Å². The monoisotopic (exact) mass is 215 g/mol. The van der Waals surface area contributed by atoms with Gasteiger partial charge in [0.1, 0.15) is 9.84 Å². The lowest BCUT2D eigenvalue weighted by Gasteiger charge is -2.25. The van der Waals surface area contributed by atoms with E-state index >= 15 is 0 Å². The van der Waals surface area contributed by atoms with Crippen molar-refractivity contribution in [1.29, 1.82) is 5.26 Å². The van der Waals surface area contributed by atoms with E-state index in [1.54, 1.807) is 0 Å². The maximum Gasteiger partial charge on any atom is 0.147 e. The normalized spacial score (nSPS) is 32.8. The molecule has 0 aliphatic heterocycles. The van der Waals surface area contributed by atoms with E-state index in [0.717, 1.165) is 19.3 Å². The first-order valence-corrected chi connectivity index (χ1v) is 7.05. The molecule has 2 atom stereocenters. The lowest BCUT2D eigenvalue weighted by Crippen LogP contribution is -2.25. The number of nitriles is 1. The molecule has 1 aliphatic rings. The van der Waals surface area contributed by atoms with Crippen molar-refractivity contribution in [3.05, 3.63) is 0 Å². The van der Waals surface area contributed by atoms with Crippen molar-refractivity contribution in [2.75, 3.05) is 12.0 Å². The molecule has 0 N–H and O–H groups in total. The average molecular weight is 215 g/mol. The van der Waals surface area contributed by atoms with Gasteiger partial charge in [0.2, 0.25) is 0 Å². The van der Waals surface area contributed by atoms with E-state index in [0.29, 0.717) is 12.3 Å². The number of nitrogens with zero attached hydrogens (tertiary/aromatic N) is 1. The van der Waals surface area contributed by atoms with Gasteiger partial charge in [-0.2, -0.15) is 5.26 Å². The van der Waals surface area contributed by atoms with Crippen LogP contribution in [0.3, 0.4) is 0 Å². The van der Waals surface area contributed by atoms with Crippen molar-refractivity contribution < 1.29 is 8.42 Å². The van der Waals surface area contributed by atoms with Gasteiger partial charge in [-0.15, -0.1) is 0 Å². The fraction of sp³-hybridized carbons (Fsp3) is 0.900. The van der Waals surface area contributed by atoms with E-state index < -0.39 is 9.84 Å². The highest BCUT2D eigenvalue weighted by Crippen LogP contribution is 2.45. The molecule has 0 spiro atoms. The molecule has 0 amide bonds. The molecule has 0 bridgehead atoms. The van der Waals surface area contributed by atoms with Gasteiger partial charge in [0, 0.05) is 6.26 Å². The summed E-state index contributed by atoms with van der Waals surface area (Å²) >= 11 is 0. The van der Waals surface area contributed by atoms with Gasteiger partial charge in [-0.05, 0) is 25.2 Å². The Morgan fingerprint density at radius 3 is 2.57 bits per heavy atom. The molecule has 0 aromatic rings. The second kappa shape index (κ2) is 3.90. The van der Waals surface area contributed by atoms with Crippen LogP contribution in [0.1, 0.15) is 32.6 Å². The second-order valence-corrected chi connectivity index (χ2v) is 6.70. The molecule has 14 heavy (non-hydrogen) atoms. The van der Waals surface area contributed by atoms with Crippen LogP contribution in [0.2, 0.25) is 0 Å². The Morgan fingerprint density at radius 2 is 2.21 bits per heavy atom. The molecule has 1 fully saturated rings. The van der Waals surface area contributed by atoms with Crippen molar-refractivity contribution in [3.8, 4) is 6.07 Å². The molecule has 1 rings (SSSR count). The first kappa shape index (κ1) is 11.5. The third-order valence-electron chi connectivity index (χ3n) is 3.34. The summed E-state index contributed by atoms with van der Waals surface area (Å²) < 4.78 is 22.1. The van der Waals surface area contributed by atoms with E-state index in [2.05, 4.69) is 13.0 Å². The third kappa shape index (κ3) is 2.48. The molecular weight excluding hydrogens is 198 g/mol. The molecule has 0 radical (unpaired) electrons. The summed E-state index contributed by atoms with van der Waals surface area (Å²) in [5, 5.41) is 9.14. The standard InChI is InChI=1S/C10H17NO2S/c1-9-4-3-5-10(9,8-11)6-7-14(2,12)13/h9H,3-7H2,1-2H3. The molecule has 3 nitrogen and oxygen atoms in total. The van der Waals surface area contributed by atoms with Gasteiger partial charge in [0.25, 0.3) is 0 Å². The average Bonchev–Trinajstić information content (AvgIpc) is 2.43. The molecule has 1 aliphatic carbocycles. The molecule has 0 aromatic heterocycles. The second-order valence-electron chi connectivity index (χ2n) is 4.44. The van der Waals surface area contributed by atoms with Crippen molar-refractivity contribution in [1.82, 2.24) is 0 Å². The van der Waals surface area contributed by atoms with Crippen LogP contribution in [0.4, 0.5) is 0 Å². The van der Waals surface area contributed by atoms with Crippen LogP contribution < -0.4 is 0 Å². The van der Waals surface area contributed by atoms with Gasteiger partial charge in [0.15, 0.2) is 0 Å². The van der Waals surface area contributed by atoms with Crippen LogP contribution in [-0.2, 0) is 9.84 Å². The number of sulfone groups is 1. The van der Waals surface area contributed by atoms with Crippen molar-refractivity contribution in [3.63, 3.8) is 0 Å². The molecule has 80 valence electrons. The van der Waals surface area contributed by atoms with Gasteiger partial charge in [0.05, 0.1) is 17.2 Å². The van der Waals surface area contributed by atoms with Gasteiger partial charge in [-0.1, -0.05) is 13.3 Å². The molecule has 2 unspecified atom stereocenters. The Labute approximate surface area is 86.0 Å². The lowest BCUT2D eigenvalue weighted by molar-refractivity contribution is 0.297. The topological polar surface area (TPSA) is 57.9 Å². The van der Waals surface area contributed by atoms with Gasteiger partial charge in [-0.3, -0.25) is 0 Å². The Balaban J connectivity index is 2.69. The Kier molecular flexibility index (Phi) is 3.20. The molecule has 0 aromatic carbocycles. The molecule has 1 saturated carbocycles. The van der Waals surface area contributed by atoms with Crippen LogP contribution in [0, 0.1) is 22.7 Å². The van der Waals surface area contributed by atoms with Crippen LogP contribution in [0.25, 0.3) is 0 Å². The minimum absolute atomic E-state index is 0.144. The fourth-order valence-corrected chi connectivity index (χ4v) is 2.94. The predicted octanol–water partition coefficient (Wildman–Crippen LogP) is 1.75. The lowest BCUT2D eigenvalue weighted by atomic mass is 9.78. The minimum Gasteiger partial charge on any atom is -0.229 e. The van der Waals surface area contributed by atoms with Crippen molar-refractivity contribution in [2.24, 2.45) is 11.3 Å². The van der Waals surface area contributed by atoms with Crippen LogP contribution in [0.5, 0.6) is 0 Å². The Hall–Kier alpha value is -0.560. The summed E-state index contributed by atoms with van der Waals surface area (Å²) in [7, 11) is -2.93. The van der Waals surface area contributed by atoms with E-state index in [4.69, 9.17) is 5.26 Å². The maximum atomic E-state index is 11.0. The number of rotatable bonds is 3. The number of hydrogen-bond donors (Lipinski definition) is 0. The zero-order valence-corrected chi connectivity index (χ0v) is 9.60. The summed E-state index contributed by atoms with van der Waals surface area (Å²) in [6.07, 6.45) is 4.71. The largest absolute Gasteiger partial charge is 0.229 e. The highest BCUT2D eigenvalue weighted by molar-refractivity contribution is 7.90. The zero-order valence-electron chi connectivity index (χ0n) is 8.78. The van der Waals surface area contributed by atoms with Gasteiger partial charge >= 0.3 is 0 Å². The molecule has 0 saturated heterocycles. The summed E-state index contributed by atoms with van der Waals surface area (Å²) in [6, 6.07) is 2.34. The summed E-state index contributed by atoms with van der Waals surface area (Å²) in [5.41, 5.74) is -0.372. The Morgan fingerprint density at radius 1 is 1.57 bits per heavy atom. The smallest absolute Gasteiger partial charge is 0.147 e. The molecular formula is C10H17NO2S. The first-order valence-electron chi connectivity index (χ1n) is 4.99. The minimum atomic E-state index is -2.93. The van der Waals surface area contributed by atoms with Crippen LogP contribution >= 0.6 is 0 Å². The van der Waals surface area contributed by atoms with Gasteiger partial charge < -0.3 is 0 Å².